The molecular formula is C19H24N4O3S. The minimum Gasteiger partial charge on any atom is -0.495 e. The summed E-state index contributed by atoms with van der Waals surface area (Å²) >= 11 is 1.27. The molecule has 1 fully saturated rings. The predicted molar refractivity (Wildman–Crippen MR) is 108 cm³/mol. The number of hydrazone groups is 1. The van der Waals surface area contributed by atoms with Gasteiger partial charge in [-0.25, -0.2) is 0 Å². The van der Waals surface area contributed by atoms with Crippen LogP contribution in [-0.4, -0.2) is 29.3 Å². The molecule has 1 saturated heterocycles. The van der Waals surface area contributed by atoms with E-state index in [1.165, 1.54) is 24.6 Å². The van der Waals surface area contributed by atoms with Gasteiger partial charge in [-0.3, -0.25) is 15.0 Å². The topological polar surface area (TPSA) is 91.8 Å². The normalized spacial score (nSPS) is 21.2. The molecule has 3 rings (SSSR count). The van der Waals surface area contributed by atoms with Crippen molar-refractivity contribution < 1.29 is 14.3 Å². The summed E-state index contributed by atoms with van der Waals surface area (Å²) in [6.45, 7) is 0. The number of carbonyl (C=O) groups excluding carboxylic acids is 2. The molecule has 2 amide bonds. The highest BCUT2D eigenvalue weighted by atomic mass is 32.2. The highest BCUT2D eigenvalue weighted by molar-refractivity contribution is 8.15. The van der Waals surface area contributed by atoms with Crippen molar-refractivity contribution >= 4 is 34.4 Å². The molecule has 0 aromatic heterocycles. The van der Waals surface area contributed by atoms with Crippen LogP contribution in [0.1, 0.15) is 38.5 Å². The van der Waals surface area contributed by atoms with Gasteiger partial charge in [0.1, 0.15) is 11.0 Å². The lowest BCUT2D eigenvalue weighted by molar-refractivity contribution is -0.122. The third-order valence-electron chi connectivity index (χ3n) is 4.37. The number of amides is 2. The van der Waals surface area contributed by atoms with E-state index >= 15 is 0 Å². The van der Waals surface area contributed by atoms with Gasteiger partial charge in [-0.2, -0.15) is 5.10 Å². The second-order valence-electron chi connectivity index (χ2n) is 6.41. The summed E-state index contributed by atoms with van der Waals surface area (Å²) in [6.07, 6.45) is 7.84. The lowest BCUT2D eigenvalue weighted by Crippen LogP contribution is -2.28. The Balaban J connectivity index is 1.53. The minimum atomic E-state index is -0.497. The van der Waals surface area contributed by atoms with E-state index in [0.717, 1.165) is 25.0 Å². The molecule has 1 aromatic carbocycles. The molecule has 1 aliphatic heterocycles. The summed E-state index contributed by atoms with van der Waals surface area (Å²) < 4.78 is 5.22. The van der Waals surface area contributed by atoms with Crippen LogP contribution in [0.5, 0.6) is 5.75 Å². The first-order valence-corrected chi connectivity index (χ1v) is 9.97. The molecule has 3 N–H and O–H groups in total. The van der Waals surface area contributed by atoms with Crippen molar-refractivity contribution in [2.75, 3.05) is 12.4 Å². The number of carbonyl (C=O) groups is 2. The maximum Gasteiger partial charge on any atom is 0.240 e. The monoisotopic (exact) mass is 388 g/mol. The third kappa shape index (κ3) is 5.50. The Labute approximate surface area is 163 Å². The Bertz CT molecular complexity index is 763. The average molecular weight is 388 g/mol. The van der Waals surface area contributed by atoms with Crippen molar-refractivity contribution in [3.63, 3.8) is 0 Å². The van der Waals surface area contributed by atoms with Crippen LogP contribution in [0.4, 0.5) is 5.69 Å². The van der Waals surface area contributed by atoms with Crippen molar-refractivity contribution in [2.45, 2.75) is 43.8 Å². The van der Waals surface area contributed by atoms with Crippen LogP contribution in [0, 0.1) is 0 Å². The minimum absolute atomic E-state index is 0.0657. The van der Waals surface area contributed by atoms with Gasteiger partial charge < -0.3 is 15.4 Å². The molecule has 1 aromatic rings. The Kier molecular flexibility index (Phi) is 6.75. The van der Waals surface area contributed by atoms with Crippen molar-refractivity contribution in [1.82, 2.24) is 10.7 Å². The molecule has 2 aliphatic rings. The second-order valence-corrected chi connectivity index (χ2v) is 7.60. The predicted octanol–water partition coefficient (Wildman–Crippen LogP) is 2.96. The molecule has 1 unspecified atom stereocenters. The first-order valence-electron chi connectivity index (χ1n) is 9.09. The quantitative estimate of drug-likeness (QED) is 0.652. The van der Waals surface area contributed by atoms with Gasteiger partial charge in [0.15, 0.2) is 5.17 Å². The number of hydrogen-bond donors (Lipinski definition) is 3. The van der Waals surface area contributed by atoms with Gasteiger partial charge in [0.25, 0.3) is 0 Å². The maximum atomic E-state index is 12.3. The van der Waals surface area contributed by atoms with E-state index in [9.17, 15) is 9.59 Å². The van der Waals surface area contributed by atoms with Crippen LogP contribution in [-0.2, 0) is 9.59 Å². The van der Waals surface area contributed by atoms with Crippen LogP contribution in [0.25, 0.3) is 0 Å². The summed E-state index contributed by atoms with van der Waals surface area (Å²) in [7, 11) is 1.55. The molecule has 144 valence electrons. The molecule has 8 heteroatoms. The van der Waals surface area contributed by atoms with Gasteiger partial charge in [0.2, 0.25) is 11.8 Å². The molecule has 7 nitrogen and oxygen atoms in total. The summed E-state index contributed by atoms with van der Waals surface area (Å²) in [5, 5.41) is 9.81. The largest absolute Gasteiger partial charge is 0.495 e. The Morgan fingerprint density at radius 2 is 2.19 bits per heavy atom. The van der Waals surface area contributed by atoms with Gasteiger partial charge in [-0.05, 0) is 37.8 Å². The smallest absolute Gasteiger partial charge is 0.240 e. The van der Waals surface area contributed by atoms with Crippen molar-refractivity contribution in [1.29, 1.82) is 0 Å². The van der Waals surface area contributed by atoms with E-state index in [2.05, 4.69) is 27.2 Å². The van der Waals surface area contributed by atoms with E-state index in [0.29, 0.717) is 16.6 Å². The zero-order valence-corrected chi connectivity index (χ0v) is 16.1. The van der Waals surface area contributed by atoms with Crippen LogP contribution in [0.3, 0.4) is 0 Å². The fraction of sp³-hybridized carbons (Fsp3) is 0.421. The number of methoxy groups -OCH3 is 1. The summed E-state index contributed by atoms with van der Waals surface area (Å²) in [6, 6.07) is 7.17. The Morgan fingerprint density at radius 3 is 3.04 bits per heavy atom. The third-order valence-corrected chi connectivity index (χ3v) is 5.45. The number of anilines is 1. The van der Waals surface area contributed by atoms with E-state index < -0.39 is 5.25 Å². The number of allylic oxidation sites excluding steroid dienone is 2. The number of ether oxygens (including phenoxy) is 1. The standard InChI is InChI=1S/C19H24N4O3S/c1-26-15-11-7-6-10-14(15)20-17(24)12-16-18(25)21-19(27-16)23-22-13-8-4-2-3-5-9-13/h6-8,10-11,16,22H,2-5,9,12H2,1H3,(H,20,24)(H,21,23,25). The lowest BCUT2D eigenvalue weighted by Gasteiger charge is -2.10. The van der Waals surface area contributed by atoms with Crippen LogP contribution < -0.4 is 20.8 Å². The summed E-state index contributed by atoms with van der Waals surface area (Å²) in [5.41, 5.74) is 4.73. The van der Waals surface area contributed by atoms with Gasteiger partial charge in [-0.1, -0.05) is 36.4 Å². The first-order chi connectivity index (χ1) is 13.2. The number of hydrogen-bond acceptors (Lipinski definition) is 6. The van der Waals surface area contributed by atoms with Gasteiger partial charge in [0, 0.05) is 12.1 Å². The molecule has 1 heterocycles. The number of rotatable bonds is 6. The first kappa shape index (κ1) is 19.3. The second kappa shape index (κ2) is 9.45. The number of thioether (sulfide) groups is 1. The lowest BCUT2D eigenvalue weighted by atomic mass is 10.2. The number of nitrogens with one attached hydrogen (secondary N) is 3. The van der Waals surface area contributed by atoms with Gasteiger partial charge in [-0.15, -0.1) is 0 Å². The molecule has 0 spiro atoms. The van der Waals surface area contributed by atoms with E-state index in [-0.39, 0.29) is 18.2 Å². The van der Waals surface area contributed by atoms with Crippen molar-refractivity contribution in [3.8, 4) is 5.75 Å². The molecule has 1 atom stereocenters. The van der Waals surface area contributed by atoms with Gasteiger partial charge in [0.05, 0.1) is 12.8 Å². The number of para-hydroxylation sites is 2. The van der Waals surface area contributed by atoms with Crippen LogP contribution in [0.15, 0.2) is 41.1 Å². The zero-order chi connectivity index (χ0) is 19.1. The Hall–Kier alpha value is -2.48. The van der Waals surface area contributed by atoms with Crippen molar-refractivity contribution in [2.24, 2.45) is 5.10 Å². The van der Waals surface area contributed by atoms with E-state index in [4.69, 9.17) is 4.74 Å². The van der Waals surface area contributed by atoms with Gasteiger partial charge >= 0.3 is 0 Å². The number of benzene rings is 1. The SMILES string of the molecule is COc1ccccc1NC(=O)CC1S/C(=N\NC2=CCCCCC2)NC1=O. The summed E-state index contributed by atoms with van der Waals surface area (Å²) in [4.78, 5) is 24.4. The molecule has 0 saturated carbocycles. The maximum absolute atomic E-state index is 12.3. The molecular weight excluding hydrogens is 364 g/mol. The number of nitrogens with zero attached hydrogens (tertiary/aromatic N) is 1. The van der Waals surface area contributed by atoms with E-state index in [1.807, 2.05) is 12.1 Å². The number of amidine groups is 1. The van der Waals surface area contributed by atoms with Crippen molar-refractivity contribution in [3.05, 3.63) is 36.0 Å². The van der Waals surface area contributed by atoms with Crippen LogP contribution in [0.2, 0.25) is 0 Å². The fourth-order valence-corrected chi connectivity index (χ4v) is 3.88. The summed E-state index contributed by atoms with van der Waals surface area (Å²) in [5.74, 6) is 0.135. The molecule has 0 radical (unpaired) electrons. The van der Waals surface area contributed by atoms with E-state index in [1.54, 1.807) is 19.2 Å². The molecule has 1 aliphatic carbocycles. The highest BCUT2D eigenvalue weighted by Crippen LogP contribution is 2.26. The Morgan fingerprint density at radius 1 is 1.33 bits per heavy atom. The zero-order valence-electron chi connectivity index (χ0n) is 15.3. The highest BCUT2D eigenvalue weighted by Gasteiger charge is 2.32. The molecule has 27 heavy (non-hydrogen) atoms. The fourth-order valence-electron chi connectivity index (χ4n) is 2.95. The van der Waals surface area contributed by atoms with Crippen LogP contribution >= 0.6 is 11.8 Å². The average Bonchev–Trinajstić information content (AvgIpc) is 2.86. The molecule has 0 bridgehead atoms.